The van der Waals surface area contributed by atoms with Crippen molar-refractivity contribution in [2.24, 2.45) is 0 Å². The van der Waals surface area contributed by atoms with Gasteiger partial charge in [-0.1, -0.05) is 0 Å². The number of hydrogen-bond acceptors (Lipinski definition) is 3. The van der Waals surface area contributed by atoms with E-state index in [0.29, 0.717) is 0 Å². The lowest BCUT2D eigenvalue weighted by Crippen LogP contribution is -2.22. The van der Waals surface area contributed by atoms with E-state index >= 15 is 0 Å². The highest BCUT2D eigenvalue weighted by Crippen LogP contribution is 2.34. The third kappa shape index (κ3) is 10.0. The summed E-state index contributed by atoms with van der Waals surface area (Å²) in [6.45, 7) is 0.206. The molecule has 0 aromatic carbocycles. The number of phosphoric acid groups is 1. The molecule has 0 aromatic heterocycles. The highest BCUT2D eigenvalue weighted by Gasteiger charge is 2.11. The molecule has 0 spiro atoms. The molecule has 0 aliphatic heterocycles. The molecule has 3 N–H and O–H groups in total. The number of rotatable bonds is 6. The first-order valence-electron chi connectivity index (χ1n) is 3.05. The van der Waals surface area contributed by atoms with Gasteiger partial charge in [0.15, 0.2) is 0 Å². The van der Waals surface area contributed by atoms with Gasteiger partial charge in [0.05, 0.1) is 13.2 Å². The van der Waals surface area contributed by atoms with E-state index in [-0.39, 0.29) is 26.3 Å². The van der Waals surface area contributed by atoms with Crippen LogP contribution in [0.15, 0.2) is 0 Å². The van der Waals surface area contributed by atoms with Crippen molar-refractivity contribution in [3.8, 4) is 0 Å². The van der Waals surface area contributed by atoms with Crippen molar-refractivity contribution in [2.45, 2.75) is 0 Å². The molecule has 0 unspecified atom stereocenters. The van der Waals surface area contributed by atoms with Crippen LogP contribution in [0.3, 0.4) is 0 Å². The van der Waals surface area contributed by atoms with Crippen LogP contribution in [0, 0.1) is 0 Å². The maximum atomic E-state index is 10.0. The molecule has 0 amide bonds. The zero-order valence-corrected chi connectivity index (χ0v) is 6.79. The van der Waals surface area contributed by atoms with Crippen LogP contribution >= 0.6 is 7.82 Å². The second-order valence-electron chi connectivity index (χ2n) is 1.78. The van der Waals surface area contributed by atoms with Crippen molar-refractivity contribution in [1.82, 2.24) is 5.32 Å². The molecular weight excluding hydrogens is 173 g/mol. The minimum Gasteiger partial charge on any atom is -0.312 e. The molecular formula is C4H11NO5P. The fourth-order valence-electron chi connectivity index (χ4n) is 0.434. The van der Waals surface area contributed by atoms with Gasteiger partial charge >= 0.3 is 7.82 Å². The first kappa shape index (κ1) is 11.0. The standard InChI is InChI=1S/C4H11NO5P/c6-3-1-5-2-4-10-11(7,8)9/h5H,1-4H2,(H2,7,8,9). The number of nitrogens with one attached hydrogen (secondary N) is 1. The lowest BCUT2D eigenvalue weighted by molar-refractivity contribution is 0.181. The molecule has 0 atom stereocenters. The summed E-state index contributed by atoms with van der Waals surface area (Å²) in [5.41, 5.74) is 0. The van der Waals surface area contributed by atoms with E-state index < -0.39 is 7.82 Å². The molecule has 0 saturated heterocycles. The van der Waals surface area contributed by atoms with E-state index in [1.54, 1.807) is 0 Å². The molecule has 6 nitrogen and oxygen atoms in total. The van der Waals surface area contributed by atoms with Gasteiger partial charge in [-0.3, -0.25) is 4.52 Å². The summed E-state index contributed by atoms with van der Waals surface area (Å²) in [4.78, 5) is 16.3. The fraction of sp³-hybridized carbons (Fsp3) is 1.00. The largest absolute Gasteiger partial charge is 0.469 e. The van der Waals surface area contributed by atoms with Gasteiger partial charge in [0.2, 0.25) is 0 Å². The van der Waals surface area contributed by atoms with Crippen molar-refractivity contribution in [3.05, 3.63) is 0 Å². The molecule has 7 heteroatoms. The molecule has 0 rings (SSSR count). The lowest BCUT2D eigenvalue weighted by Gasteiger charge is -2.04. The molecule has 0 bridgehead atoms. The summed E-state index contributed by atoms with van der Waals surface area (Å²) in [6, 6.07) is 0. The average Bonchev–Trinajstić information content (AvgIpc) is 1.85. The molecule has 1 radical (unpaired) electrons. The minimum absolute atomic E-state index is 0.0930. The Kier molecular flexibility index (Phi) is 5.67. The molecule has 67 valence electrons. The van der Waals surface area contributed by atoms with Crippen LogP contribution in [-0.2, 0) is 14.2 Å². The second-order valence-corrected chi connectivity index (χ2v) is 3.02. The molecule has 0 aliphatic rings. The topological polar surface area (TPSA) is 98.7 Å². The van der Waals surface area contributed by atoms with Crippen molar-refractivity contribution < 1.29 is 24.0 Å². The maximum absolute atomic E-state index is 10.0. The van der Waals surface area contributed by atoms with E-state index in [1.807, 2.05) is 0 Å². The van der Waals surface area contributed by atoms with Crippen molar-refractivity contribution >= 4 is 7.82 Å². The normalized spacial score (nSPS) is 11.9. The smallest absolute Gasteiger partial charge is 0.312 e. The SMILES string of the molecule is [O]CCNCCOP(=O)(O)O. The molecule has 0 heterocycles. The molecule has 0 fully saturated rings. The van der Waals surface area contributed by atoms with Gasteiger partial charge in [-0.2, -0.15) is 0 Å². The second kappa shape index (κ2) is 5.65. The predicted octanol–water partition coefficient (Wildman–Crippen LogP) is -0.884. The Bertz CT molecular complexity index is 134. The summed E-state index contributed by atoms with van der Waals surface area (Å²) in [7, 11) is -4.33. The average molecular weight is 184 g/mol. The van der Waals surface area contributed by atoms with Crippen LogP contribution in [0.1, 0.15) is 0 Å². The van der Waals surface area contributed by atoms with Crippen molar-refractivity contribution in [3.63, 3.8) is 0 Å². The highest BCUT2D eigenvalue weighted by molar-refractivity contribution is 7.46. The molecule has 0 aromatic rings. The van der Waals surface area contributed by atoms with Crippen molar-refractivity contribution in [2.75, 3.05) is 26.3 Å². The van der Waals surface area contributed by atoms with E-state index in [1.165, 1.54) is 0 Å². The molecule has 0 saturated carbocycles. The number of phosphoric ester groups is 1. The molecule has 0 aliphatic carbocycles. The van der Waals surface area contributed by atoms with E-state index in [0.717, 1.165) is 0 Å². The van der Waals surface area contributed by atoms with Gasteiger partial charge in [0, 0.05) is 13.1 Å². The summed E-state index contributed by atoms with van der Waals surface area (Å²) in [5, 5.41) is 12.5. The van der Waals surface area contributed by atoms with Crippen LogP contribution < -0.4 is 5.32 Å². The van der Waals surface area contributed by atoms with Gasteiger partial charge in [0.25, 0.3) is 0 Å². The van der Waals surface area contributed by atoms with E-state index in [2.05, 4.69) is 9.84 Å². The van der Waals surface area contributed by atoms with Gasteiger partial charge < -0.3 is 15.1 Å². The third-order valence-electron chi connectivity index (χ3n) is 0.817. The van der Waals surface area contributed by atoms with Crippen LogP contribution in [0.5, 0.6) is 0 Å². The fourth-order valence-corrected chi connectivity index (χ4v) is 0.763. The molecule has 11 heavy (non-hydrogen) atoms. The van der Waals surface area contributed by atoms with Crippen LogP contribution in [0.4, 0.5) is 0 Å². The maximum Gasteiger partial charge on any atom is 0.469 e. The predicted molar refractivity (Wildman–Crippen MR) is 36.4 cm³/mol. The monoisotopic (exact) mass is 184 g/mol. The van der Waals surface area contributed by atoms with Crippen LogP contribution in [0.25, 0.3) is 0 Å². The summed E-state index contributed by atoms with van der Waals surface area (Å²) in [6.07, 6.45) is 0. The van der Waals surface area contributed by atoms with Gasteiger partial charge in [-0.05, 0) is 0 Å². The Labute approximate surface area is 64.4 Å². The summed E-state index contributed by atoms with van der Waals surface area (Å²) in [5.74, 6) is 0. The number of hydrogen-bond donors (Lipinski definition) is 3. The summed E-state index contributed by atoms with van der Waals surface area (Å²) >= 11 is 0. The zero-order chi connectivity index (χ0) is 8.74. The van der Waals surface area contributed by atoms with E-state index in [4.69, 9.17) is 9.79 Å². The van der Waals surface area contributed by atoms with Gasteiger partial charge in [0.1, 0.15) is 0 Å². The Morgan fingerprint density at radius 2 is 2.00 bits per heavy atom. The van der Waals surface area contributed by atoms with E-state index in [9.17, 15) is 9.67 Å². The van der Waals surface area contributed by atoms with Crippen LogP contribution in [-0.4, -0.2) is 36.1 Å². The van der Waals surface area contributed by atoms with Gasteiger partial charge in [-0.25, -0.2) is 9.67 Å². The minimum atomic E-state index is -4.33. The van der Waals surface area contributed by atoms with Crippen molar-refractivity contribution in [1.29, 1.82) is 0 Å². The first-order valence-corrected chi connectivity index (χ1v) is 4.58. The zero-order valence-electron chi connectivity index (χ0n) is 5.89. The highest BCUT2D eigenvalue weighted by atomic mass is 31.2. The lowest BCUT2D eigenvalue weighted by atomic mass is 10.6. The van der Waals surface area contributed by atoms with Gasteiger partial charge in [-0.15, -0.1) is 0 Å². The quantitative estimate of drug-likeness (QED) is 0.367. The Morgan fingerprint density at radius 1 is 1.36 bits per heavy atom. The summed E-state index contributed by atoms with van der Waals surface area (Å²) < 4.78 is 14.1. The Hall–Kier alpha value is 0.0300. The Morgan fingerprint density at radius 3 is 2.45 bits per heavy atom. The van der Waals surface area contributed by atoms with Crippen LogP contribution in [0.2, 0.25) is 0 Å². The third-order valence-corrected chi connectivity index (χ3v) is 1.34. The Balaban J connectivity index is 3.09. The first-order chi connectivity index (χ1) is 5.06.